The van der Waals surface area contributed by atoms with Gasteiger partial charge in [0.25, 0.3) is 0 Å². The predicted octanol–water partition coefficient (Wildman–Crippen LogP) is 5.10. The highest BCUT2D eigenvalue weighted by Gasteiger charge is 2.86. The van der Waals surface area contributed by atoms with E-state index in [1.807, 2.05) is 7.11 Å². The van der Waals surface area contributed by atoms with E-state index in [4.69, 9.17) is 4.74 Å². The van der Waals surface area contributed by atoms with Crippen molar-refractivity contribution in [3.63, 3.8) is 0 Å². The molecule has 0 aliphatic heterocycles. The molecule has 4 fully saturated rings. The molecule has 2 heteroatoms. The second-order valence-electron chi connectivity index (χ2n) is 10.1. The minimum absolute atomic E-state index is 0.184. The Bertz CT molecular complexity index is 649. The van der Waals surface area contributed by atoms with Gasteiger partial charge in [-0.25, -0.2) is 0 Å². The Morgan fingerprint density at radius 1 is 1.17 bits per heavy atom. The quantitative estimate of drug-likeness (QED) is 0.628. The summed E-state index contributed by atoms with van der Waals surface area (Å²) in [5.74, 6) is 1.84. The Balaban J connectivity index is 1.64. The third-order valence-corrected chi connectivity index (χ3v) is 9.96. The molecule has 0 bridgehead atoms. The number of allylic oxidation sites excluding steroid dienone is 2. The molecule has 0 heterocycles. The topological polar surface area (TPSA) is 33.0 Å². The summed E-state index contributed by atoms with van der Waals surface area (Å²) in [6.45, 7) is 5.02. The van der Waals surface area contributed by atoms with Gasteiger partial charge in [0.15, 0.2) is 0 Å². The van der Waals surface area contributed by atoms with Crippen LogP contribution in [0.5, 0.6) is 0 Å². The van der Waals surface area contributed by atoms with Crippen molar-refractivity contribution in [1.29, 1.82) is 5.26 Å². The van der Waals surface area contributed by atoms with Gasteiger partial charge in [-0.05, 0) is 79.4 Å². The van der Waals surface area contributed by atoms with Crippen molar-refractivity contribution in [3.8, 4) is 6.07 Å². The summed E-state index contributed by atoms with van der Waals surface area (Å²) in [5.41, 5.74) is 1.45. The number of nitrogens with zero attached hydrogens (tertiary/aromatic N) is 1. The Morgan fingerprint density at radius 3 is 2.75 bits per heavy atom. The van der Waals surface area contributed by atoms with Gasteiger partial charge in [0.1, 0.15) is 0 Å². The number of ether oxygens (including phenoxy) is 1. The lowest BCUT2D eigenvalue weighted by atomic mass is 9.44. The number of methoxy groups -OCH3 is 1. The third-order valence-electron chi connectivity index (χ3n) is 9.96. The molecular formula is C22H31NO. The molecule has 8 unspecified atom stereocenters. The summed E-state index contributed by atoms with van der Waals surface area (Å²) >= 11 is 0. The van der Waals surface area contributed by atoms with Gasteiger partial charge in [0.2, 0.25) is 0 Å². The van der Waals surface area contributed by atoms with Crippen molar-refractivity contribution in [3.05, 3.63) is 12.2 Å². The normalized spacial score (nSPS) is 60.4. The average Bonchev–Trinajstić information content (AvgIpc) is 3.19. The molecule has 0 aromatic heterocycles. The smallest absolute Gasteiger partial charge is 0.0661 e. The van der Waals surface area contributed by atoms with Crippen LogP contribution < -0.4 is 0 Å². The van der Waals surface area contributed by atoms with E-state index in [9.17, 15) is 5.26 Å². The summed E-state index contributed by atoms with van der Waals surface area (Å²) in [5, 5.41) is 9.76. The molecule has 5 rings (SSSR count). The van der Waals surface area contributed by atoms with Crippen LogP contribution in [0.1, 0.15) is 65.2 Å². The van der Waals surface area contributed by atoms with Gasteiger partial charge in [0.05, 0.1) is 18.1 Å². The van der Waals surface area contributed by atoms with Crippen LogP contribution in [-0.4, -0.2) is 13.2 Å². The zero-order valence-electron chi connectivity index (χ0n) is 15.5. The van der Waals surface area contributed by atoms with E-state index in [2.05, 4.69) is 32.1 Å². The second kappa shape index (κ2) is 4.47. The van der Waals surface area contributed by atoms with E-state index >= 15 is 0 Å². The fraction of sp³-hybridized carbons (Fsp3) is 0.864. The van der Waals surface area contributed by atoms with Crippen LogP contribution in [0.2, 0.25) is 0 Å². The lowest BCUT2D eigenvalue weighted by molar-refractivity contribution is -0.168. The predicted molar refractivity (Wildman–Crippen MR) is 94.0 cm³/mol. The first-order chi connectivity index (χ1) is 11.5. The molecule has 0 aromatic rings. The number of nitriles is 1. The molecule has 0 saturated heterocycles. The zero-order valence-corrected chi connectivity index (χ0v) is 15.5. The monoisotopic (exact) mass is 325 g/mol. The highest BCUT2D eigenvalue weighted by atomic mass is 16.5. The number of fused-ring (bicyclic) bond motifs is 2. The van der Waals surface area contributed by atoms with Crippen molar-refractivity contribution >= 4 is 0 Å². The summed E-state index contributed by atoms with van der Waals surface area (Å²) in [6.07, 6.45) is 15.4. The fourth-order valence-corrected chi connectivity index (χ4v) is 8.87. The maximum Gasteiger partial charge on any atom is 0.0661 e. The van der Waals surface area contributed by atoms with E-state index in [1.165, 1.54) is 38.5 Å². The lowest BCUT2D eigenvalue weighted by Gasteiger charge is -2.61. The second-order valence-corrected chi connectivity index (χ2v) is 10.1. The molecular weight excluding hydrogens is 294 g/mol. The third kappa shape index (κ3) is 1.38. The van der Waals surface area contributed by atoms with Crippen LogP contribution in [0, 0.1) is 50.7 Å². The summed E-state index contributed by atoms with van der Waals surface area (Å²) in [6, 6.07) is 2.68. The van der Waals surface area contributed by atoms with Crippen LogP contribution in [0.25, 0.3) is 0 Å². The molecule has 8 atom stereocenters. The van der Waals surface area contributed by atoms with Crippen LogP contribution in [0.15, 0.2) is 12.2 Å². The first-order valence-corrected chi connectivity index (χ1v) is 10.1. The van der Waals surface area contributed by atoms with Gasteiger partial charge < -0.3 is 4.74 Å². The molecule has 24 heavy (non-hydrogen) atoms. The van der Waals surface area contributed by atoms with Crippen molar-refractivity contribution in [2.75, 3.05) is 7.11 Å². The Labute approximate surface area is 146 Å². The van der Waals surface area contributed by atoms with Gasteiger partial charge in [0, 0.05) is 12.5 Å². The molecule has 5 aliphatic carbocycles. The van der Waals surface area contributed by atoms with Crippen LogP contribution in [-0.2, 0) is 4.74 Å². The fourth-order valence-electron chi connectivity index (χ4n) is 8.87. The Kier molecular flexibility index (Phi) is 2.88. The molecule has 0 spiro atoms. The van der Waals surface area contributed by atoms with E-state index in [0.29, 0.717) is 22.3 Å². The minimum Gasteiger partial charge on any atom is -0.381 e. The molecule has 4 saturated carbocycles. The Hall–Kier alpha value is -0.810. The van der Waals surface area contributed by atoms with Gasteiger partial charge in [-0.3, -0.25) is 0 Å². The zero-order chi connectivity index (χ0) is 16.8. The van der Waals surface area contributed by atoms with Gasteiger partial charge >= 0.3 is 0 Å². The first-order valence-electron chi connectivity index (χ1n) is 10.1. The van der Waals surface area contributed by atoms with Gasteiger partial charge in [-0.15, -0.1) is 0 Å². The van der Waals surface area contributed by atoms with E-state index in [1.54, 1.807) is 0 Å². The average molecular weight is 325 g/mol. The minimum atomic E-state index is 0.184. The van der Waals surface area contributed by atoms with Crippen LogP contribution in [0.4, 0.5) is 0 Å². The van der Waals surface area contributed by atoms with Crippen molar-refractivity contribution in [2.24, 2.45) is 39.4 Å². The maximum absolute atomic E-state index is 9.76. The lowest BCUT2D eigenvalue weighted by Crippen LogP contribution is -2.58. The molecule has 5 aliphatic rings. The van der Waals surface area contributed by atoms with Crippen molar-refractivity contribution in [1.82, 2.24) is 0 Å². The molecule has 0 N–H and O–H groups in total. The maximum atomic E-state index is 9.76. The van der Waals surface area contributed by atoms with Gasteiger partial charge in [-0.2, -0.15) is 5.26 Å². The molecule has 0 amide bonds. The van der Waals surface area contributed by atoms with E-state index in [0.717, 1.165) is 24.7 Å². The van der Waals surface area contributed by atoms with Crippen molar-refractivity contribution < 1.29 is 4.74 Å². The van der Waals surface area contributed by atoms with E-state index < -0.39 is 0 Å². The van der Waals surface area contributed by atoms with Crippen LogP contribution in [0.3, 0.4) is 0 Å². The first kappa shape index (κ1) is 15.4. The summed E-state index contributed by atoms with van der Waals surface area (Å²) in [4.78, 5) is 0. The number of rotatable bonds is 1. The Morgan fingerprint density at radius 2 is 2.00 bits per heavy atom. The standard InChI is InChI=1S/C22H31NO/c1-19-12-18(24-3)22-14-21(22,17(19)8-7-16(19)13-23)11-9-15-6-4-5-10-20(15,22)2/h4-5,15-18H,6-12,14H2,1-3H3. The highest BCUT2D eigenvalue weighted by Crippen LogP contribution is 2.90. The van der Waals surface area contributed by atoms with Crippen LogP contribution >= 0.6 is 0 Å². The molecule has 2 nitrogen and oxygen atoms in total. The summed E-state index contributed by atoms with van der Waals surface area (Å²) in [7, 11) is 1.94. The highest BCUT2D eigenvalue weighted by molar-refractivity contribution is 5.35. The summed E-state index contributed by atoms with van der Waals surface area (Å²) < 4.78 is 6.25. The molecule has 0 aromatic carbocycles. The molecule has 0 radical (unpaired) electrons. The van der Waals surface area contributed by atoms with Crippen molar-refractivity contribution in [2.45, 2.75) is 71.3 Å². The van der Waals surface area contributed by atoms with E-state index in [-0.39, 0.29) is 11.3 Å². The SMILES string of the molecule is COC1CC2(C)C(C#N)CCC2C23CCC4CC=CCC4(C)C12C3. The number of hydrogen-bond donors (Lipinski definition) is 0. The van der Waals surface area contributed by atoms with Gasteiger partial charge in [-0.1, -0.05) is 26.0 Å². The molecule has 130 valence electrons. The number of hydrogen-bond acceptors (Lipinski definition) is 2. The largest absolute Gasteiger partial charge is 0.381 e.